The van der Waals surface area contributed by atoms with Gasteiger partial charge < -0.3 is 9.84 Å². The van der Waals surface area contributed by atoms with Gasteiger partial charge in [-0.15, -0.1) is 0 Å². The molecule has 0 aromatic carbocycles. The normalized spacial score (nSPS) is 12.9. The molecule has 0 aliphatic carbocycles. The van der Waals surface area contributed by atoms with Gasteiger partial charge in [0.15, 0.2) is 0 Å². The number of hydrogen-bond donors (Lipinski definition) is 2. The molecule has 0 fully saturated rings. The monoisotopic (exact) mass is 281 g/mol. The number of rotatable bonds is 9. The maximum Gasteiger partial charge on any atom is 0.303 e. The lowest BCUT2D eigenvalue weighted by molar-refractivity contribution is -0.137. The standard InChI is InChI=1S/C11H23NO5S/c1-9(2)17-7-8-18(15,16)12-11(3,4)6-5-10(13)14/h9,12H,5-8H2,1-4H3,(H,13,14). The second kappa shape index (κ2) is 7.06. The molecule has 0 aliphatic heterocycles. The maximum absolute atomic E-state index is 11.7. The van der Waals surface area contributed by atoms with Crippen LogP contribution in [0, 0.1) is 0 Å². The molecule has 0 aromatic rings. The molecule has 0 spiro atoms. The molecule has 0 radical (unpaired) electrons. The second-order valence-electron chi connectivity index (χ2n) is 5.12. The Morgan fingerprint density at radius 2 is 1.94 bits per heavy atom. The van der Waals surface area contributed by atoms with Crippen molar-refractivity contribution < 1.29 is 23.1 Å². The summed E-state index contributed by atoms with van der Waals surface area (Å²) in [5, 5.41) is 8.58. The summed E-state index contributed by atoms with van der Waals surface area (Å²) < 4.78 is 31.1. The van der Waals surface area contributed by atoms with Crippen LogP contribution in [-0.2, 0) is 19.6 Å². The molecule has 7 heteroatoms. The molecule has 18 heavy (non-hydrogen) atoms. The van der Waals surface area contributed by atoms with Gasteiger partial charge in [-0.05, 0) is 34.1 Å². The van der Waals surface area contributed by atoms with Crippen LogP contribution in [0.25, 0.3) is 0 Å². The molecule has 0 saturated heterocycles. The Labute approximate surface area is 109 Å². The van der Waals surface area contributed by atoms with E-state index in [1.54, 1.807) is 13.8 Å². The van der Waals surface area contributed by atoms with E-state index in [4.69, 9.17) is 9.84 Å². The van der Waals surface area contributed by atoms with Crippen LogP contribution in [0.3, 0.4) is 0 Å². The first-order valence-corrected chi connectivity index (χ1v) is 7.54. The van der Waals surface area contributed by atoms with Crippen molar-refractivity contribution >= 4 is 16.0 Å². The number of hydrogen-bond acceptors (Lipinski definition) is 4. The molecule has 0 aliphatic rings. The Kier molecular flexibility index (Phi) is 6.80. The number of carboxylic acid groups (broad SMARTS) is 1. The molecule has 0 rings (SSSR count). The summed E-state index contributed by atoms with van der Waals surface area (Å²) in [5.74, 6) is -1.06. The average molecular weight is 281 g/mol. The Bertz CT molecular complexity index is 362. The summed E-state index contributed by atoms with van der Waals surface area (Å²) in [6.07, 6.45) is 0.158. The predicted octanol–water partition coefficient (Wildman–Crippen LogP) is 0.974. The molecular formula is C11H23NO5S. The van der Waals surface area contributed by atoms with E-state index in [1.165, 1.54) is 0 Å². The summed E-state index contributed by atoms with van der Waals surface area (Å²) in [6.45, 7) is 7.11. The molecule has 2 N–H and O–H groups in total. The third-order valence-electron chi connectivity index (χ3n) is 2.20. The molecule has 0 aromatic heterocycles. The Morgan fingerprint density at radius 1 is 1.39 bits per heavy atom. The van der Waals surface area contributed by atoms with E-state index in [2.05, 4.69) is 4.72 Å². The van der Waals surface area contributed by atoms with Crippen LogP contribution in [0.5, 0.6) is 0 Å². The second-order valence-corrected chi connectivity index (χ2v) is 6.96. The van der Waals surface area contributed by atoms with Crippen LogP contribution in [0.1, 0.15) is 40.5 Å². The average Bonchev–Trinajstić information content (AvgIpc) is 2.12. The fourth-order valence-electron chi connectivity index (χ4n) is 1.34. The highest BCUT2D eigenvalue weighted by atomic mass is 32.2. The van der Waals surface area contributed by atoms with E-state index >= 15 is 0 Å². The summed E-state index contributed by atoms with van der Waals surface area (Å²) in [5.41, 5.74) is -0.769. The third-order valence-corrected chi connectivity index (χ3v) is 3.77. The predicted molar refractivity (Wildman–Crippen MR) is 69.0 cm³/mol. The maximum atomic E-state index is 11.7. The minimum Gasteiger partial charge on any atom is -0.481 e. The highest BCUT2D eigenvalue weighted by Gasteiger charge is 2.25. The molecule has 108 valence electrons. The van der Waals surface area contributed by atoms with Gasteiger partial charge in [0.1, 0.15) is 0 Å². The smallest absolute Gasteiger partial charge is 0.303 e. The summed E-state index contributed by atoms with van der Waals surface area (Å²) in [7, 11) is -3.45. The third kappa shape index (κ3) is 9.38. The van der Waals surface area contributed by atoms with Gasteiger partial charge in [0.2, 0.25) is 10.0 Å². The van der Waals surface area contributed by atoms with Crippen molar-refractivity contribution in [2.45, 2.75) is 52.2 Å². The number of ether oxygens (including phenoxy) is 1. The Morgan fingerprint density at radius 3 is 2.39 bits per heavy atom. The first-order valence-electron chi connectivity index (χ1n) is 5.89. The van der Waals surface area contributed by atoms with Gasteiger partial charge in [0, 0.05) is 12.0 Å². The lowest BCUT2D eigenvalue weighted by Crippen LogP contribution is -2.45. The topological polar surface area (TPSA) is 92.7 Å². The van der Waals surface area contributed by atoms with Gasteiger partial charge >= 0.3 is 5.97 Å². The molecule has 0 heterocycles. The first kappa shape index (κ1) is 17.3. The number of nitrogens with one attached hydrogen (secondary N) is 1. The zero-order valence-electron chi connectivity index (χ0n) is 11.4. The molecule has 0 unspecified atom stereocenters. The highest BCUT2D eigenvalue weighted by molar-refractivity contribution is 7.89. The van der Waals surface area contributed by atoms with Crippen molar-refractivity contribution in [1.82, 2.24) is 4.72 Å². The fourth-order valence-corrected chi connectivity index (χ4v) is 2.70. The lowest BCUT2D eigenvalue weighted by Gasteiger charge is -2.25. The summed E-state index contributed by atoms with van der Waals surface area (Å²) in [6, 6.07) is 0. The SMILES string of the molecule is CC(C)OCCS(=O)(=O)NC(C)(C)CCC(=O)O. The van der Waals surface area contributed by atoms with Crippen molar-refractivity contribution in [3.05, 3.63) is 0 Å². The number of aliphatic carboxylic acids is 1. The van der Waals surface area contributed by atoms with Gasteiger partial charge in [-0.25, -0.2) is 13.1 Å². The lowest BCUT2D eigenvalue weighted by atomic mass is 10.0. The van der Waals surface area contributed by atoms with E-state index in [9.17, 15) is 13.2 Å². The van der Waals surface area contributed by atoms with Crippen molar-refractivity contribution in [3.63, 3.8) is 0 Å². The molecular weight excluding hydrogens is 258 g/mol. The summed E-state index contributed by atoms with van der Waals surface area (Å²) >= 11 is 0. The molecule has 0 amide bonds. The van der Waals surface area contributed by atoms with Crippen LogP contribution in [0.2, 0.25) is 0 Å². The number of carbonyl (C=O) groups is 1. The molecule has 0 bridgehead atoms. The largest absolute Gasteiger partial charge is 0.481 e. The van der Waals surface area contributed by atoms with Crippen LogP contribution >= 0.6 is 0 Å². The molecule has 0 atom stereocenters. The van der Waals surface area contributed by atoms with Gasteiger partial charge in [0.25, 0.3) is 0 Å². The van der Waals surface area contributed by atoms with E-state index < -0.39 is 21.5 Å². The van der Waals surface area contributed by atoms with E-state index in [-0.39, 0.29) is 31.3 Å². The number of sulfonamides is 1. The zero-order valence-corrected chi connectivity index (χ0v) is 12.2. The minimum atomic E-state index is -3.45. The van der Waals surface area contributed by atoms with Crippen molar-refractivity contribution in [1.29, 1.82) is 0 Å². The van der Waals surface area contributed by atoms with Gasteiger partial charge in [-0.3, -0.25) is 4.79 Å². The Balaban J connectivity index is 4.24. The highest BCUT2D eigenvalue weighted by Crippen LogP contribution is 2.13. The first-order chi connectivity index (χ1) is 8.04. The van der Waals surface area contributed by atoms with Crippen molar-refractivity contribution in [3.8, 4) is 0 Å². The van der Waals surface area contributed by atoms with Crippen LogP contribution in [0.15, 0.2) is 0 Å². The van der Waals surface area contributed by atoms with Gasteiger partial charge in [-0.2, -0.15) is 0 Å². The zero-order chi connectivity index (χ0) is 14.4. The minimum absolute atomic E-state index is 0.0137. The van der Waals surface area contributed by atoms with E-state index in [0.29, 0.717) is 0 Å². The summed E-state index contributed by atoms with van der Waals surface area (Å²) in [4.78, 5) is 10.5. The van der Waals surface area contributed by atoms with Gasteiger partial charge in [0.05, 0.1) is 18.5 Å². The van der Waals surface area contributed by atoms with Crippen molar-refractivity contribution in [2.75, 3.05) is 12.4 Å². The van der Waals surface area contributed by atoms with Gasteiger partial charge in [-0.1, -0.05) is 0 Å². The van der Waals surface area contributed by atoms with E-state index in [0.717, 1.165) is 0 Å². The molecule has 0 saturated carbocycles. The van der Waals surface area contributed by atoms with Crippen LogP contribution in [-0.4, -0.2) is 43.5 Å². The molecule has 6 nitrogen and oxygen atoms in total. The fraction of sp³-hybridized carbons (Fsp3) is 0.909. The Hall–Kier alpha value is -0.660. The van der Waals surface area contributed by atoms with Crippen molar-refractivity contribution in [2.24, 2.45) is 0 Å². The number of carboxylic acids is 1. The van der Waals surface area contributed by atoms with Crippen LogP contribution in [0.4, 0.5) is 0 Å². The van der Waals surface area contributed by atoms with E-state index in [1.807, 2.05) is 13.8 Å². The van der Waals surface area contributed by atoms with Crippen LogP contribution < -0.4 is 4.72 Å². The quantitative estimate of drug-likeness (QED) is 0.657.